The van der Waals surface area contributed by atoms with Crippen LogP contribution in [0.1, 0.15) is 35.0 Å². The fourth-order valence-corrected chi connectivity index (χ4v) is 3.28. The van der Waals surface area contributed by atoms with Crippen LogP contribution in [-0.2, 0) is 23.9 Å². The number of halogens is 3. The van der Waals surface area contributed by atoms with Gasteiger partial charge in [0.1, 0.15) is 5.82 Å². The fourth-order valence-electron chi connectivity index (χ4n) is 3.28. The first-order chi connectivity index (χ1) is 14.3. The van der Waals surface area contributed by atoms with E-state index >= 15 is 0 Å². The Balaban J connectivity index is 2.02. The molecule has 2 heterocycles. The van der Waals surface area contributed by atoms with E-state index in [-0.39, 0.29) is 18.6 Å². The summed E-state index contributed by atoms with van der Waals surface area (Å²) in [6.45, 7) is 4.53. The Kier molecular flexibility index (Phi) is 6.47. The molecule has 162 valence electrons. The molecule has 0 radical (unpaired) electrons. The first-order valence-electron chi connectivity index (χ1n) is 9.51. The van der Waals surface area contributed by atoms with Crippen molar-refractivity contribution in [3.05, 3.63) is 52.3 Å². The van der Waals surface area contributed by atoms with Crippen LogP contribution in [-0.4, -0.2) is 39.5 Å². The molecule has 0 unspecified atom stereocenters. The van der Waals surface area contributed by atoms with Gasteiger partial charge in [0.05, 0.1) is 35.9 Å². The molecular formula is C20H24F3N5O2. The van der Waals surface area contributed by atoms with E-state index in [9.17, 15) is 18.3 Å². The Morgan fingerprint density at radius 1 is 1.30 bits per heavy atom. The van der Waals surface area contributed by atoms with Gasteiger partial charge in [0.25, 0.3) is 0 Å². The minimum absolute atomic E-state index is 0.113. The van der Waals surface area contributed by atoms with E-state index in [1.807, 2.05) is 6.92 Å². The van der Waals surface area contributed by atoms with Crippen molar-refractivity contribution in [2.75, 3.05) is 30.8 Å². The van der Waals surface area contributed by atoms with Crippen molar-refractivity contribution in [2.24, 2.45) is 0 Å². The molecule has 2 aromatic heterocycles. The summed E-state index contributed by atoms with van der Waals surface area (Å²) in [7, 11) is 0. The Bertz CT molecular complexity index is 1030. The molecule has 1 aromatic carbocycles. The molecule has 0 amide bonds. The zero-order chi connectivity index (χ0) is 21.9. The number of hydrogen-bond donors (Lipinski definition) is 3. The molecule has 0 fully saturated rings. The van der Waals surface area contributed by atoms with Crippen LogP contribution < -0.4 is 11.1 Å². The van der Waals surface area contributed by atoms with Gasteiger partial charge in [-0.25, -0.2) is 9.50 Å². The van der Waals surface area contributed by atoms with Crippen LogP contribution in [0.25, 0.3) is 5.65 Å². The minimum atomic E-state index is -4.44. The number of ether oxygens (including phenoxy) is 1. The highest BCUT2D eigenvalue weighted by molar-refractivity contribution is 5.68. The van der Waals surface area contributed by atoms with Crippen LogP contribution >= 0.6 is 0 Å². The summed E-state index contributed by atoms with van der Waals surface area (Å²) in [6, 6.07) is 5.67. The SMILES string of the molecule is CCOCCNc1cc(N)c2nc(CO)c(Cc3cccc(C(F)(F)F)c3C)n2n1. The third kappa shape index (κ3) is 4.49. The average molecular weight is 423 g/mol. The molecule has 4 N–H and O–H groups in total. The zero-order valence-electron chi connectivity index (χ0n) is 16.8. The number of imidazole rings is 1. The molecule has 7 nitrogen and oxygen atoms in total. The first-order valence-corrected chi connectivity index (χ1v) is 9.51. The Morgan fingerprint density at radius 2 is 2.07 bits per heavy atom. The Labute approximate surface area is 171 Å². The molecule has 0 aliphatic rings. The second-order valence-electron chi connectivity index (χ2n) is 6.77. The van der Waals surface area contributed by atoms with E-state index in [4.69, 9.17) is 10.5 Å². The van der Waals surface area contributed by atoms with Gasteiger partial charge >= 0.3 is 6.18 Å². The predicted octanol–water partition coefficient (Wildman–Crippen LogP) is 3.17. The number of nitrogens with two attached hydrogens (primary N) is 1. The number of anilines is 2. The summed E-state index contributed by atoms with van der Waals surface area (Å²) in [5.41, 5.74) is 7.49. The molecule has 0 aliphatic heterocycles. The zero-order valence-corrected chi connectivity index (χ0v) is 16.8. The fraction of sp³-hybridized carbons (Fsp3) is 0.400. The number of nitrogens with zero attached hydrogens (tertiary/aromatic N) is 3. The lowest BCUT2D eigenvalue weighted by Crippen LogP contribution is -2.13. The van der Waals surface area contributed by atoms with E-state index in [0.29, 0.717) is 53.9 Å². The quantitative estimate of drug-likeness (QED) is 0.482. The maximum absolute atomic E-state index is 13.3. The van der Waals surface area contributed by atoms with Crippen LogP contribution in [0.15, 0.2) is 24.3 Å². The number of fused-ring (bicyclic) bond motifs is 1. The van der Waals surface area contributed by atoms with Crippen molar-refractivity contribution < 1.29 is 23.0 Å². The molecule has 0 spiro atoms. The highest BCUT2D eigenvalue weighted by Gasteiger charge is 2.33. The normalized spacial score (nSPS) is 11.9. The van der Waals surface area contributed by atoms with Gasteiger partial charge in [-0.05, 0) is 31.0 Å². The van der Waals surface area contributed by atoms with E-state index in [0.717, 1.165) is 6.07 Å². The summed E-state index contributed by atoms with van der Waals surface area (Å²) in [6.07, 6.45) is -4.33. The van der Waals surface area contributed by atoms with Gasteiger partial charge in [0.2, 0.25) is 0 Å². The lowest BCUT2D eigenvalue weighted by molar-refractivity contribution is -0.138. The number of rotatable bonds is 8. The maximum Gasteiger partial charge on any atom is 0.416 e. The summed E-state index contributed by atoms with van der Waals surface area (Å²) < 4.78 is 46.6. The van der Waals surface area contributed by atoms with Crippen LogP contribution in [0, 0.1) is 6.92 Å². The lowest BCUT2D eigenvalue weighted by Gasteiger charge is -2.14. The third-order valence-corrected chi connectivity index (χ3v) is 4.80. The summed E-state index contributed by atoms with van der Waals surface area (Å²) in [4.78, 5) is 4.33. The summed E-state index contributed by atoms with van der Waals surface area (Å²) in [5, 5.41) is 17.3. The van der Waals surface area contributed by atoms with Gasteiger partial charge in [-0.3, -0.25) is 0 Å². The molecule has 3 rings (SSSR count). The second-order valence-corrected chi connectivity index (χ2v) is 6.77. The molecule has 0 saturated heterocycles. The number of aromatic nitrogens is 3. The predicted molar refractivity (Wildman–Crippen MR) is 107 cm³/mol. The van der Waals surface area contributed by atoms with Gasteiger partial charge in [-0.1, -0.05) is 12.1 Å². The minimum Gasteiger partial charge on any atom is -0.396 e. The monoisotopic (exact) mass is 423 g/mol. The summed E-state index contributed by atoms with van der Waals surface area (Å²) in [5.74, 6) is 0.476. The molecule has 3 aromatic rings. The van der Waals surface area contributed by atoms with Gasteiger partial charge < -0.3 is 20.9 Å². The molecule has 10 heteroatoms. The van der Waals surface area contributed by atoms with E-state index in [1.54, 1.807) is 12.1 Å². The van der Waals surface area contributed by atoms with Crippen molar-refractivity contribution in [3.8, 4) is 0 Å². The number of aliphatic hydroxyl groups excluding tert-OH is 1. The smallest absolute Gasteiger partial charge is 0.396 e. The topological polar surface area (TPSA) is 97.7 Å². The molecule has 0 atom stereocenters. The molecule has 0 aliphatic carbocycles. The standard InChI is InChI=1S/C20H24F3N5O2/c1-3-30-8-7-25-18-10-15(24)19-26-16(11-29)17(28(19)27-18)9-13-5-4-6-14(12(13)2)20(21,22)23/h4-6,10,29H,3,7-9,11,24H2,1-2H3,(H,25,27). The molecule has 0 saturated carbocycles. The van der Waals surface area contributed by atoms with Crippen LogP contribution in [0.3, 0.4) is 0 Å². The highest BCUT2D eigenvalue weighted by atomic mass is 19.4. The number of nitrogens with one attached hydrogen (secondary N) is 1. The maximum atomic E-state index is 13.3. The van der Waals surface area contributed by atoms with Gasteiger partial charge in [0, 0.05) is 25.6 Å². The van der Waals surface area contributed by atoms with Crippen molar-refractivity contribution in [1.29, 1.82) is 0 Å². The van der Waals surface area contributed by atoms with E-state index in [1.165, 1.54) is 17.5 Å². The van der Waals surface area contributed by atoms with Gasteiger partial charge in [-0.2, -0.15) is 13.2 Å². The van der Waals surface area contributed by atoms with Crippen molar-refractivity contribution in [3.63, 3.8) is 0 Å². The molecule has 0 bridgehead atoms. The van der Waals surface area contributed by atoms with E-state index < -0.39 is 11.7 Å². The van der Waals surface area contributed by atoms with Crippen molar-refractivity contribution >= 4 is 17.2 Å². The largest absolute Gasteiger partial charge is 0.416 e. The lowest BCUT2D eigenvalue weighted by atomic mass is 9.98. The van der Waals surface area contributed by atoms with Crippen LogP contribution in [0.2, 0.25) is 0 Å². The van der Waals surface area contributed by atoms with Gasteiger partial charge in [0.15, 0.2) is 5.65 Å². The number of benzene rings is 1. The molecular weight excluding hydrogens is 399 g/mol. The highest BCUT2D eigenvalue weighted by Crippen LogP contribution is 2.34. The Hall–Kier alpha value is -2.85. The van der Waals surface area contributed by atoms with Crippen LogP contribution in [0.5, 0.6) is 0 Å². The van der Waals surface area contributed by atoms with Crippen molar-refractivity contribution in [2.45, 2.75) is 33.1 Å². The third-order valence-electron chi connectivity index (χ3n) is 4.80. The van der Waals surface area contributed by atoms with Crippen LogP contribution in [0.4, 0.5) is 24.7 Å². The first kappa shape index (κ1) is 21.8. The number of alkyl halides is 3. The Morgan fingerprint density at radius 3 is 2.73 bits per heavy atom. The summed E-state index contributed by atoms with van der Waals surface area (Å²) >= 11 is 0. The second kappa shape index (κ2) is 8.88. The van der Waals surface area contributed by atoms with E-state index in [2.05, 4.69) is 15.4 Å². The molecule has 30 heavy (non-hydrogen) atoms. The average Bonchev–Trinajstić information content (AvgIpc) is 3.04. The van der Waals surface area contributed by atoms with Crippen molar-refractivity contribution in [1.82, 2.24) is 14.6 Å². The number of nitrogen functional groups attached to an aromatic ring is 1. The van der Waals surface area contributed by atoms with Gasteiger partial charge in [-0.15, -0.1) is 5.10 Å². The number of hydrogen-bond acceptors (Lipinski definition) is 6. The number of aliphatic hydroxyl groups is 1.